The highest BCUT2D eigenvalue weighted by atomic mass is 32.1. The number of benzene rings is 1. The Labute approximate surface area is 230 Å². The molecule has 0 bridgehead atoms. The number of amides is 2. The van der Waals surface area contributed by atoms with Crippen LogP contribution in [0.4, 0.5) is 13.2 Å². The van der Waals surface area contributed by atoms with Crippen LogP contribution in [-0.2, 0) is 17.6 Å². The van der Waals surface area contributed by atoms with Crippen LogP contribution >= 0.6 is 11.3 Å². The normalized spacial score (nSPS) is 12.3. The number of nitrogens with one attached hydrogen (secondary N) is 2. The smallest absolute Gasteiger partial charge is 0.406 e. The van der Waals surface area contributed by atoms with Crippen molar-refractivity contribution in [2.24, 2.45) is 0 Å². The highest BCUT2D eigenvalue weighted by Gasteiger charge is 2.31. The monoisotopic (exact) mass is 562 g/mol. The predicted molar refractivity (Wildman–Crippen MR) is 146 cm³/mol. The molecule has 0 saturated heterocycles. The Hall–Kier alpha value is -3.44. The van der Waals surface area contributed by atoms with Crippen LogP contribution in [0.25, 0.3) is 11.3 Å². The Bertz CT molecular complexity index is 1260. The fraction of sp³-hybridized carbons (Fsp3) is 0.393. The van der Waals surface area contributed by atoms with E-state index in [-0.39, 0.29) is 24.0 Å². The first-order chi connectivity index (χ1) is 18.4. The Balaban J connectivity index is 1.76. The van der Waals surface area contributed by atoms with Crippen molar-refractivity contribution in [3.8, 4) is 17.0 Å². The number of aromatic nitrogens is 1. The molecular formula is C28H33F3N4O3S. The predicted octanol–water partition coefficient (Wildman–Crippen LogP) is 4.99. The fourth-order valence-electron chi connectivity index (χ4n) is 3.92. The second kappa shape index (κ2) is 13.6. The van der Waals surface area contributed by atoms with E-state index in [0.717, 1.165) is 23.3 Å². The van der Waals surface area contributed by atoms with Gasteiger partial charge in [-0.2, -0.15) is 0 Å². The number of pyridine rings is 1. The van der Waals surface area contributed by atoms with Crippen molar-refractivity contribution >= 4 is 23.2 Å². The van der Waals surface area contributed by atoms with Crippen molar-refractivity contribution in [1.29, 1.82) is 0 Å². The first-order valence-electron chi connectivity index (χ1n) is 12.6. The third kappa shape index (κ3) is 9.36. The number of carbonyl (C=O) groups is 2. The van der Waals surface area contributed by atoms with E-state index in [9.17, 15) is 22.8 Å². The number of likely N-dealkylation sites (N-methyl/N-ethyl adjacent to an activating group) is 1. The largest absolute Gasteiger partial charge is 0.573 e. The Morgan fingerprint density at radius 1 is 1.15 bits per heavy atom. The molecule has 39 heavy (non-hydrogen) atoms. The van der Waals surface area contributed by atoms with Gasteiger partial charge in [-0.1, -0.05) is 31.5 Å². The van der Waals surface area contributed by atoms with E-state index in [2.05, 4.69) is 27.3 Å². The van der Waals surface area contributed by atoms with Crippen LogP contribution in [0.1, 0.15) is 39.0 Å². The minimum Gasteiger partial charge on any atom is -0.406 e. The van der Waals surface area contributed by atoms with Crippen LogP contribution in [0.3, 0.4) is 0 Å². The summed E-state index contributed by atoms with van der Waals surface area (Å²) in [6, 6.07) is 9.99. The molecule has 210 valence electrons. The molecule has 0 unspecified atom stereocenters. The average molecular weight is 563 g/mol. The summed E-state index contributed by atoms with van der Waals surface area (Å²) in [5, 5.41) is 5.74. The third-order valence-electron chi connectivity index (χ3n) is 5.87. The number of aryl methyl sites for hydroxylation is 2. The fourth-order valence-corrected chi connectivity index (χ4v) is 4.89. The van der Waals surface area contributed by atoms with Crippen molar-refractivity contribution in [3.05, 3.63) is 69.5 Å². The molecule has 2 aromatic heterocycles. The highest BCUT2D eigenvalue weighted by Crippen LogP contribution is 2.27. The van der Waals surface area contributed by atoms with E-state index in [0.29, 0.717) is 34.8 Å². The Morgan fingerprint density at radius 3 is 2.56 bits per heavy atom. The number of thiophene rings is 1. The van der Waals surface area contributed by atoms with E-state index in [1.807, 2.05) is 32.0 Å². The van der Waals surface area contributed by atoms with Crippen molar-refractivity contribution in [2.75, 3.05) is 27.2 Å². The number of alkyl halides is 3. The molecule has 2 heterocycles. The summed E-state index contributed by atoms with van der Waals surface area (Å²) in [5.74, 6) is -0.966. The van der Waals surface area contributed by atoms with Gasteiger partial charge < -0.3 is 20.3 Å². The van der Waals surface area contributed by atoms with E-state index in [4.69, 9.17) is 0 Å². The molecule has 0 aliphatic rings. The molecule has 3 rings (SSSR count). The molecule has 0 aliphatic carbocycles. The van der Waals surface area contributed by atoms with Crippen molar-refractivity contribution in [1.82, 2.24) is 20.5 Å². The second-order valence-corrected chi connectivity index (χ2v) is 10.7. The third-order valence-corrected chi connectivity index (χ3v) is 6.96. The maximum Gasteiger partial charge on any atom is 0.573 e. The molecule has 0 aliphatic heterocycles. The maximum atomic E-state index is 13.1. The minimum atomic E-state index is -4.79. The number of ether oxygens (including phenoxy) is 1. The van der Waals surface area contributed by atoms with Crippen LogP contribution in [0, 0.1) is 6.92 Å². The summed E-state index contributed by atoms with van der Waals surface area (Å²) in [6.45, 7) is 5.13. The van der Waals surface area contributed by atoms with Gasteiger partial charge in [-0.05, 0) is 62.8 Å². The van der Waals surface area contributed by atoms with Gasteiger partial charge in [0.05, 0.1) is 10.6 Å². The highest BCUT2D eigenvalue weighted by molar-refractivity contribution is 7.14. The van der Waals surface area contributed by atoms with E-state index in [1.165, 1.54) is 29.5 Å². The lowest BCUT2D eigenvalue weighted by molar-refractivity contribution is -0.274. The molecule has 1 aromatic carbocycles. The van der Waals surface area contributed by atoms with E-state index >= 15 is 0 Å². The van der Waals surface area contributed by atoms with Gasteiger partial charge in [0, 0.05) is 36.1 Å². The number of hydrogen-bond acceptors (Lipinski definition) is 6. The minimum absolute atomic E-state index is 0.191. The molecule has 2 N–H and O–H groups in total. The van der Waals surface area contributed by atoms with Gasteiger partial charge >= 0.3 is 6.36 Å². The Morgan fingerprint density at radius 2 is 1.92 bits per heavy atom. The summed E-state index contributed by atoms with van der Waals surface area (Å²) in [5.41, 5.74) is 2.71. The quantitative estimate of drug-likeness (QED) is 0.325. The van der Waals surface area contributed by atoms with Gasteiger partial charge in [0.25, 0.3) is 5.91 Å². The van der Waals surface area contributed by atoms with Gasteiger partial charge in [-0.15, -0.1) is 24.5 Å². The molecular weight excluding hydrogens is 529 g/mol. The number of carbonyl (C=O) groups excluding carboxylic acids is 2. The van der Waals surface area contributed by atoms with Crippen LogP contribution in [0.5, 0.6) is 5.75 Å². The lowest BCUT2D eigenvalue weighted by Crippen LogP contribution is -2.49. The summed E-state index contributed by atoms with van der Waals surface area (Å²) in [7, 11) is 3.80. The van der Waals surface area contributed by atoms with Gasteiger partial charge in [-0.3, -0.25) is 14.6 Å². The zero-order valence-corrected chi connectivity index (χ0v) is 23.2. The van der Waals surface area contributed by atoms with Crippen LogP contribution in [-0.4, -0.2) is 61.3 Å². The standard InChI is InChI=1S/C28H33F3N4O3S/c1-5-7-20-16-25(39-18(20)2)27(37)34-24(26(36)32-12-13-35(3)4)14-19-10-11-23(33-17-19)21-8-6-9-22(15-21)38-28(29,30)31/h6,8-11,15-17,24H,5,7,12-14H2,1-4H3,(H,32,36)(H,34,37)/t24-/m1/s1. The molecule has 11 heteroatoms. The van der Waals surface area contributed by atoms with Crippen molar-refractivity contribution in [3.63, 3.8) is 0 Å². The molecule has 1 atom stereocenters. The summed E-state index contributed by atoms with van der Waals surface area (Å²) < 4.78 is 41.7. The molecule has 0 spiro atoms. The van der Waals surface area contributed by atoms with Crippen LogP contribution in [0.15, 0.2) is 48.7 Å². The zero-order valence-electron chi connectivity index (χ0n) is 22.4. The maximum absolute atomic E-state index is 13.1. The van der Waals surface area contributed by atoms with E-state index < -0.39 is 12.4 Å². The van der Waals surface area contributed by atoms with Gasteiger partial charge in [0.15, 0.2) is 0 Å². The van der Waals surface area contributed by atoms with Crippen molar-refractivity contribution in [2.45, 2.75) is 45.5 Å². The Kier molecular flexibility index (Phi) is 10.5. The first kappa shape index (κ1) is 30.1. The number of halogens is 3. The number of nitrogens with zero attached hydrogens (tertiary/aromatic N) is 2. The second-order valence-electron chi connectivity index (χ2n) is 9.39. The first-order valence-corrected chi connectivity index (χ1v) is 13.4. The molecule has 0 fully saturated rings. The lowest BCUT2D eigenvalue weighted by atomic mass is 10.0. The van der Waals surface area contributed by atoms with E-state index in [1.54, 1.807) is 24.4 Å². The zero-order chi connectivity index (χ0) is 28.6. The number of hydrogen-bond donors (Lipinski definition) is 2. The molecule has 3 aromatic rings. The van der Waals surface area contributed by atoms with Crippen LogP contribution < -0.4 is 15.4 Å². The lowest BCUT2D eigenvalue weighted by Gasteiger charge is -2.19. The van der Waals surface area contributed by atoms with Crippen molar-refractivity contribution < 1.29 is 27.5 Å². The number of rotatable bonds is 12. The summed E-state index contributed by atoms with van der Waals surface area (Å²) in [4.78, 5) is 34.1. The summed E-state index contributed by atoms with van der Waals surface area (Å²) in [6.07, 6.45) is -1.20. The SMILES string of the molecule is CCCc1cc(C(=O)N[C@H](Cc2ccc(-c3cccc(OC(F)(F)F)c3)nc2)C(=O)NCCN(C)C)sc1C. The average Bonchev–Trinajstić information content (AvgIpc) is 3.23. The molecule has 2 amide bonds. The molecule has 7 nitrogen and oxygen atoms in total. The van der Waals surface area contributed by atoms with Gasteiger partial charge in [-0.25, -0.2) is 0 Å². The summed E-state index contributed by atoms with van der Waals surface area (Å²) >= 11 is 1.40. The molecule has 0 saturated carbocycles. The van der Waals surface area contributed by atoms with Gasteiger partial charge in [0.2, 0.25) is 5.91 Å². The van der Waals surface area contributed by atoms with Crippen LogP contribution in [0.2, 0.25) is 0 Å². The topological polar surface area (TPSA) is 83.6 Å². The molecule has 0 radical (unpaired) electrons. The van der Waals surface area contributed by atoms with Gasteiger partial charge in [0.1, 0.15) is 11.8 Å².